The average molecular weight is 262 g/mol. The van der Waals surface area contributed by atoms with Crippen molar-refractivity contribution in [2.24, 2.45) is 0 Å². The Morgan fingerprint density at radius 3 is 2.84 bits per heavy atom. The highest BCUT2D eigenvalue weighted by Crippen LogP contribution is 2.33. The normalized spacial score (nSPS) is 13.5. The lowest BCUT2D eigenvalue weighted by Crippen LogP contribution is -2.15. The molecule has 2 aromatic rings. The maximum absolute atomic E-state index is 11.4. The van der Waals surface area contributed by atoms with Gasteiger partial charge >= 0.3 is 5.97 Å². The number of imidazole rings is 1. The fraction of sp³-hybridized carbons (Fsp3) is 0.385. The van der Waals surface area contributed by atoms with Crippen LogP contribution in [0.3, 0.4) is 0 Å². The van der Waals surface area contributed by atoms with Crippen LogP contribution < -0.4 is 9.47 Å². The molecule has 0 aliphatic carbocycles. The summed E-state index contributed by atoms with van der Waals surface area (Å²) in [7, 11) is 0. The minimum absolute atomic E-state index is 0.134. The number of hydrogen-bond donors (Lipinski definition) is 1. The lowest BCUT2D eigenvalue weighted by atomic mass is 10.2. The number of aromatic amines is 1. The van der Waals surface area contributed by atoms with Gasteiger partial charge in [-0.3, -0.25) is 4.79 Å². The molecule has 19 heavy (non-hydrogen) atoms. The molecule has 3 rings (SSSR count). The van der Waals surface area contributed by atoms with Gasteiger partial charge in [0.1, 0.15) is 25.5 Å². The van der Waals surface area contributed by atoms with Gasteiger partial charge in [0.25, 0.3) is 0 Å². The highest BCUT2D eigenvalue weighted by atomic mass is 16.6. The number of nitrogens with zero attached hydrogens (tertiary/aromatic N) is 1. The van der Waals surface area contributed by atoms with Crippen LogP contribution in [0.15, 0.2) is 12.1 Å². The molecule has 0 spiro atoms. The zero-order chi connectivity index (χ0) is 13.2. The molecule has 6 nitrogen and oxygen atoms in total. The van der Waals surface area contributed by atoms with Gasteiger partial charge in [0, 0.05) is 12.1 Å². The largest absolute Gasteiger partial charge is 0.486 e. The summed E-state index contributed by atoms with van der Waals surface area (Å²) in [4.78, 5) is 18.9. The molecule has 0 saturated carbocycles. The van der Waals surface area contributed by atoms with Crippen LogP contribution >= 0.6 is 0 Å². The Morgan fingerprint density at radius 2 is 2.11 bits per heavy atom. The minimum atomic E-state index is -0.293. The summed E-state index contributed by atoms with van der Waals surface area (Å²) in [5.41, 5.74) is 1.58. The lowest BCUT2D eigenvalue weighted by Gasteiger charge is -2.17. The van der Waals surface area contributed by atoms with Gasteiger partial charge in [-0.25, -0.2) is 4.98 Å². The highest BCUT2D eigenvalue weighted by Gasteiger charge is 2.15. The van der Waals surface area contributed by atoms with Crippen molar-refractivity contribution in [1.82, 2.24) is 9.97 Å². The maximum Gasteiger partial charge on any atom is 0.313 e. The summed E-state index contributed by atoms with van der Waals surface area (Å²) in [5, 5.41) is 0. The van der Waals surface area contributed by atoms with Crippen molar-refractivity contribution in [2.75, 3.05) is 19.8 Å². The first-order valence-electron chi connectivity index (χ1n) is 6.20. The first-order valence-corrected chi connectivity index (χ1v) is 6.20. The Kier molecular flexibility index (Phi) is 2.98. The van der Waals surface area contributed by atoms with Crippen LogP contribution in [-0.2, 0) is 16.0 Å². The van der Waals surface area contributed by atoms with Crippen molar-refractivity contribution in [2.45, 2.75) is 13.3 Å². The van der Waals surface area contributed by atoms with Crippen LogP contribution in [0.4, 0.5) is 0 Å². The zero-order valence-electron chi connectivity index (χ0n) is 10.6. The number of fused-ring (bicyclic) bond motifs is 2. The van der Waals surface area contributed by atoms with Crippen LogP contribution in [0.5, 0.6) is 11.5 Å². The van der Waals surface area contributed by atoms with E-state index in [0.717, 1.165) is 11.0 Å². The second kappa shape index (κ2) is 4.79. The summed E-state index contributed by atoms with van der Waals surface area (Å²) in [5.74, 6) is 1.67. The van der Waals surface area contributed by atoms with E-state index in [1.165, 1.54) is 0 Å². The van der Waals surface area contributed by atoms with Crippen molar-refractivity contribution in [3.8, 4) is 11.5 Å². The zero-order valence-corrected chi connectivity index (χ0v) is 10.6. The number of carbonyl (C=O) groups excluding carboxylic acids is 1. The van der Waals surface area contributed by atoms with E-state index in [0.29, 0.717) is 37.1 Å². The van der Waals surface area contributed by atoms with Crippen LogP contribution in [0.1, 0.15) is 12.7 Å². The number of ether oxygens (including phenoxy) is 3. The maximum atomic E-state index is 11.4. The van der Waals surface area contributed by atoms with E-state index in [2.05, 4.69) is 9.97 Å². The van der Waals surface area contributed by atoms with Crippen molar-refractivity contribution in [3.05, 3.63) is 18.0 Å². The molecule has 1 aromatic heterocycles. The first kappa shape index (κ1) is 11.8. The van der Waals surface area contributed by atoms with Crippen molar-refractivity contribution in [1.29, 1.82) is 0 Å². The predicted octanol–water partition coefficient (Wildman–Crippen LogP) is 1.44. The molecule has 0 radical (unpaired) electrons. The fourth-order valence-electron chi connectivity index (χ4n) is 2.03. The number of carbonyl (C=O) groups is 1. The van der Waals surface area contributed by atoms with E-state index in [1.807, 2.05) is 12.1 Å². The van der Waals surface area contributed by atoms with E-state index >= 15 is 0 Å². The Hall–Kier alpha value is -2.24. The number of rotatable bonds is 3. The fourth-order valence-corrected chi connectivity index (χ4v) is 2.03. The van der Waals surface area contributed by atoms with Gasteiger partial charge in [-0.15, -0.1) is 0 Å². The van der Waals surface area contributed by atoms with E-state index < -0.39 is 0 Å². The number of nitrogens with one attached hydrogen (secondary N) is 1. The first-order chi connectivity index (χ1) is 9.26. The number of benzene rings is 1. The van der Waals surface area contributed by atoms with Gasteiger partial charge in [0.05, 0.1) is 17.6 Å². The molecular formula is C13H14N2O4. The molecule has 1 aliphatic heterocycles. The second-order valence-electron chi connectivity index (χ2n) is 4.18. The molecule has 100 valence electrons. The topological polar surface area (TPSA) is 73.4 Å². The SMILES string of the molecule is CCOC(=O)Cc1nc2cc3c(cc2[nH]1)OCCO3. The third-order valence-corrected chi connectivity index (χ3v) is 2.81. The molecule has 0 fully saturated rings. The highest BCUT2D eigenvalue weighted by molar-refractivity contribution is 5.81. The third-order valence-electron chi connectivity index (χ3n) is 2.81. The summed E-state index contributed by atoms with van der Waals surface area (Å²) >= 11 is 0. The van der Waals surface area contributed by atoms with E-state index in [1.54, 1.807) is 6.92 Å². The van der Waals surface area contributed by atoms with Crippen LogP contribution in [0, 0.1) is 0 Å². The van der Waals surface area contributed by atoms with Crippen LogP contribution in [0.2, 0.25) is 0 Å². The Balaban J connectivity index is 1.90. The lowest BCUT2D eigenvalue weighted by molar-refractivity contribution is -0.142. The molecule has 1 aliphatic rings. The Labute approximate surface area is 109 Å². The van der Waals surface area contributed by atoms with Crippen LogP contribution in [-0.4, -0.2) is 35.8 Å². The van der Waals surface area contributed by atoms with E-state index in [-0.39, 0.29) is 12.4 Å². The Morgan fingerprint density at radius 1 is 1.37 bits per heavy atom. The standard InChI is InChI=1S/C13H14N2O4/c1-2-17-13(16)7-12-14-8-5-10-11(6-9(8)15-12)19-4-3-18-10/h5-6H,2-4,7H2,1H3,(H,14,15). The quantitative estimate of drug-likeness (QED) is 0.847. The monoisotopic (exact) mass is 262 g/mol. The number of esters is 1. The molecule has 0 bridgehead atoms. The molecule has 1 aromatic carbocycles. The number of H-pyrrole nitrogens is 1. The molecule has 0 amide bonds. The molecule has 6 heteroatoms. The average Bonchev–Trinajstić information content (AvgIpc) is 2.77. The van der Waals surface area contributed by atoms with Gasteiger partial charge in [0.15, 0.2) is 11.5 Å². The van der Waals surface area contributed by atoms with Gasteiger partial charge in [-0.1, -0.05) is 0 Å². The third kappa shape index (κ3) is 2.33. The van der Waals surface area contributed by atoms with E-state index in [9.17, 15) is 4.79 Å². The molecule has 1 N–H and O–H groups in total. The smallest absolute Gasteiger partial charge is 0.313 e. The van der Waals surface area contributed by atoms with Gasteiger partial charge in [-0.2, -0.15) is 0 Å². The minimum Gasteiger partial charge on any atom is -0.486 e. The van der Waals surface area contributed by atoms with Crippen LogP contribution in [0.25, 0.3) is 11.0 Å². The second-order valence-corrected chi connectivity index (χ2v) is 4.18. The molecule has 0 unspecified atom stereocenters. The van der Waals surface area contributed by atoms with Gasteiger partial charge in [0.2, 0.25) is 0 Å². The Bertz CT molecular complexity index is 577. The van der Waals surface area contributed by atoms with Crippen molar-refractivity contribution < 1.29 is 19.0 Å². The summed E-state index contributed by atoms with van der Waals surface area (Å²) in [6.45, 7) is 3.23. The number of hydrogen-bond acceptors (Lipinski definition) is 5. The summed E-state index contributed by atoms with van der Waals surface area (Å²) in [6, 6.07) is 3.65. The molecule has 0 atom stereocenters. The number of aromatic nitrogens is 2. The molecular weight excluding hydrogens is 248 g/mol. The van der Waals surface area contributed by atoms with Gasteiger partial charge in [-0.05, 0) is 6.92 Å². The van der Waals surface area contributed by atoms with Crippen molar-refractivity contribution >= 4 is 17.0 Å². The van der Waals surface area contributed by atoms with Gasteiger partial charge < -0.3 is 19.2 Å². The molecule has 0 saturated heterocycles. The van der Waals surface area contributed by atoms with E-state index in [4.69, 9.17) is 14.2 Å². The predicted molar refractivity (Wildman–Crippen MR) is 67.4 cm³/mol. The molecule has 2 heterocycles. The summed E-state index contributed by atoms with van der Waals surface area (Å²) < 4.78 is 15.9. The van der Waals surface area contributed by atoms with Crippen molar-refractivity contribution in [3.63, 3.8) is 0 Å². The summed E-state index contributed by atoms with van der Waals surface area (Å²) in [6.07, 6.45) is 0.134.